The molecule has 0 unspecified atom stereocenters. The van der Waals surface area contributed by atoms with Crippen LogP contribution >= 0.6 is 11.6 Å². The first-order valence-electron chi connectivity index (χ1n) is 3.18. The van der Waals surface area contributed by atoms with Gasteiger partial charge >= 0.3 is 5.97 Å². The van der Waals surface area contributed by atoms with Crippen LogP contribution in [0.1, 0.15) is 5.69 Å². The van der Waals surface area contributed by atoms with Crippen LogP contribution < -0.4 is 5.56 Å². The van der Waals surface area contributed by atoms with Gasteiger partial charge in [-0.05, 0) is 6.07 Å². The predicted molar refractivity (Wildman–Crippen MR) is 43.4 cm³/mol. The van der Waals surface area contributed by atoms with Crippen molar-refractivity contribution in [1.29, 1.82) is 0 Å². The van der Waals surface area contributed by atoms with E-state index in [1.807, 2.05) is 0 Å². The largest absolute Gasteiger partial charge is 0.481 e. The fourth-order valence-electron chi connectivity index (χ4n) is 0.822. The number of halogens is 1. The van der Waals surface area contributed by atoms with Crippen molar-refractivity contribution in [2.45, 2.75) is 6.42 Å². The number of aliphatic carboxylic acids is 1. The average molecular weight is 188 g/mol. The van der Waals surface area contributed by atoms with Crippen molar-refractivity contribution in [2.24, 2.45) is 0 Å². The van der Waals surface area contributed by atoms with Gasteiger partial charge in [-0.2, -0.15) is 0 Å². The minimum absolute atomic E-state index is 0.226. The molecule has 0 aliphatic heterocycles. The zero-order chi connectivity index (χ0) is 9.14. The van der Waals surface area contributed by atoms with E-state index in [0.29, 0.717) is 5.69 Å². The maximum atomic E-state index is 10.8. The van der Waals surface area contributed by atoms with Crippen LogP contribution in [0.4, 0.5) is 0 Å². The van der Waals surface area contributed by atoms with Crippen LogP contribution in [0.2, 0.25) is 5.02 Å². The van der Waals surface area contributed by atoms with Crippen LogP contribution in [0.15, 0.2) is 16.9 Å². The molecule has 0 bridgehead atoms. The zero-order valence-electron chi connectivity index (χ0n) is 6.00. The summed E-state index contributed by atoms with van der Waals surface area (Å²) in [6, 6.07) is 2.60. The van der Waals surface area contributed by atoms with E-state index >= 15 is 0 Å². The first kappa shape index (κ1) is 8.80. The van der Waals surface area contributed by atoms with Crippen molar-refractivity contribution >= 4 is 17.6 Å². The third-order valence-corrected chi connectivity index (χ3v) is 1.42. The highest BCUT2D eigenvalue weighted by Crippen LogP contribution is 2.05. The molecule has 64 valence electrons. The molecule has 0 aliphatic carbocycles. The zero-order valence-corrected chi connectivity index (χ0v) is 6.76. The maximum Gasteiger partial charge on any atom is 0.309 e. The molecule has 1 rings (SSSR count). The van der Waals surface area contributed by atoms with Gasteiger partial charge in [-0.15, -0.1) is 0 Å². The summed E-state index contributed by atoms with van der Waals surface area (Å²) in [7, 11) is 0. The summed E-state index contributed by atoms with van der Waals surface area (Å²) < 4.78 is 0. The molecule has 1 aromatic heterocycles. The number of pyridine rings is 1. The van der Waals surface area contributed by atoms with Crippen molar-refractivity contribution in [3.05, 3.63) is 33.2 Å². The Kier molecular flexibility index (Phi) is 2.50. The van der Waals surface area contributed by atoms with Crippen LogP contribution in [-0.2, 0) is 11.2 Å². The molecule has 4 nitrogen and oxygen atoms in total. The van der Waals surface area contributed by atoms with E-state index in [1.165, 1.54) is 12.1 Å². The number of nitrogens with one attached hydrogen (secondary N) is 1. The molecule has 0 aliphatic rings. The molecule has 2 N–H and O–H groups in total. The van der Waals surface area contributed by atoms with Gasteiger partial charge in [0.25, 0.3) is 0 Å². The number of carboxylic acid groups (broad SMARTS) is 1. The molecule has 0 radical (unpaired) electrons. The van der Waals surface area contributed by atoms with Gasteiger partial charge in [0, 0.05) is 16.8 Å². The quantitative estimate of drug-likeness (QED) is 0.715. The summed E-state index contributed by atoms with van der Waals surface area (Å²) in [5.74, 6) is -1.01. The molecule has 0 amide bonds. The van der Waals surface area contributed by atoms with Gasteiger partial charge in [-0.3, -0.25) is 9.59 Å². The van der Waals surface area contributed by atoms with E-state index in [-0.39, 0.29) is 11.4 Å². The number of H-pyrrole nitrogens is 1. The Morgan fingerprint density at radius 1 is 1.58 bits per heavy atom. The van der Waals surface area contributed by atoms with Gasteiger partial charge in [-0.1, -0.05) is 11.6 Å². The second-order valence-corrected chi connectivity index (χ2v) is 2.69. The van der Waals surface area contributed by atoms with Crippen molar-refractivity contribution in [2.75, 3.05) is 0 Å². The standard InChI is InChI=1S/C7H6ClNO3/c8-4-1-5(3-7(11)12)9-6(10)2-4/h1-2H,3H2,(H,9,10)(H,11,12). The molecule has 0 atom stereocenters. The first-order valence-corrected chi connectivity index (χ1v) is 3.56. The van der Waals surface area contributed by atoms with Crippen molar-refractivity contribution in [1.82, 2.24) is 4.98 Å². The molecule has 0 saturated carbocycles. The second-order valence-electron chi connectivity index (χ2n) is 2.26. The van der Waals surface area contributed by atoms with Crippen LogP contribution in [0, 0.1) is 0 Å². The predicted octanol–water partition coefficient (Wildman–Crippen LogP) is 0.655. The Morgan fingerprint density at radius 2 is 2.25 bits per heavy atom. The van der Waals surface area contributed by atoms with Crippen molar-refractivity contribution in [3.8, 4) is 0 Å². The highest BCUT2D eigenvalue weighted by Gasteiger charge is 2.01. The Labute approximate surface area is 72.8 Å². The third kappa shape index (κ3) is 2.39. The third-order valence-electron chi connectivity index (χ3n) is 1.21. The molecule has 5 heteroatoms. The van der Waals surface area contributed by atoms with Gasteiger partial charge in [0.15, 0.2) is 0 Å². The minimum Gasteiger partial charge on any atom is -0.481 e. The Balaban J connectivity index is 3.01. The lowest BCUT2D eigenvalue weighted by atomic mass is 10.3. The highest BCUT2D eigenvalue weighted by atomic mass is 35.5. The summed E-state index contributed by atoms with van der Waals surface area (Å²) in [4.78, 5) is 23.3. The summed E-state index contributed by atoms with van der Waals surface area (Å²) in [5.41, 5.74) is -0.0845. The molecular formula is C7H6ClNO3. The van der Waals surface area contributed by atoms with Gasteiger partial charge in [0.2, 0.25) is 5.56 Å². The van der Waals surface area contributed by atoms with Gasteiger partial charge in [0.05, 0.1) is 6.42 Å². The molecule has 0 spiro atoms. The fraction of sp³-hybridized carbons (Fsp3) is 0.143. The summed E-state index contributed by atoms with van der Waals surface area (Å²) in [6.07, 6.45) is -0.226. The first-order chi connectivity index (χ1) is 5.58. The van der Waals surface area contributed by atoms with E-state index in [0.717, 1.165) is 0 Å². The van der Waals surface area contributed by atoms with Crippen molar-refractivity contribution in [3.63, 3.8) is 0 Å². The van der Waals surface area contributed by atoms with Crippen LogP contribution in [0.3, 0.4) is 0 Å². The number of rotatable bonds is 2. The molecule has 1 heterocycles. The molecule has 0 aromatic carbocycles. The number of carbonyl (C=O) groups is 1. The Bertz CT molecular complexity index is 358. The van der Waals surface area contributed by atoms with E-state index < -0.39 is 11.5 Å². The summed E-state index contributed by atoms with van der Waals surface area (Å²) in [5, 5.41) is 8.63. The van der Waals surface area contributed by atoms with Crippen LogP contribution in [0.5, 0.6) is 0 Å². The molecule has 1 aromatic rings. The number of aromatic nitrogens is 1. The van der Waals surface area contributed by atoms with Gasteiger partial charge in [-0.25, -0.2) is 0 Å². The van der Waals surface area contributed by atoms with E-state index in [2.05, 4.69) is 4.98 Å². The summed E-state index contributed by atoms with van der Waals surface area (Å²) in [6.45, 7) is 0. The highest BCUT2D eigenvalue weighted by molar-refractivity contribution is 6.30. The lowest BCUT2D eigenvalue weighted by Crippen LogP contribution is -2.10. The van der Waals surface area contributed by atoms with E-state index in [1.54, 1.807) is 0 Å². The maximum absolute atomic E-state index is 10.8. The monoisotopic (exact) mass is 187 g/mol. The van der Waals surface area contributed by atoms with Crippen molar-refractivity contribution < 1.29 is 9.90 Å². The molecule has 0 saturated heterocycles. The fourth-order valence-corrected chi connectivity index (χ4v) is 1.05. The van der Waals surface area contributed by atoms with Gasteiger partial charge < -0.3 is 10.1 Å². The number of hydrogen-bond acceptors (Lipinski definition) is 2. The molecule has 0 fully saturated rings. The Morgan fingerprint density at radius 3 is 2.75 bits per heavy atom. The lowest BCUT2D eigenvalue weighted by Gasteiger charge is -1.96. The van der Waals surface area contributed by atoms with E-state index in [9.17, 15) is 9.59 Å². The number of carboxylic acids is 1. The molecule has 12 heavy (non-hydrogen) atoms. The second kappa shape index (κ2) is 3.40. The number of hydrogen-bond donors (Lipinski definition) is 2. The Hall–Kier alpha value is -1.29. The smallest absolute Gasteiger partial charge is 0.309 e. The lowest BCUT2D eigenvalue weighted by molar-refractivity contribution is -0.136. The normalized spacial score (nSPS) is 9.75. The molecular weight excluding hydrogens is 182 g/mol. The van der Waals surface area contributed by atoms with E-state index in [4.69, 9.17) is 16.7 Å². The SMILES string of the molecule is O=C(O)Cc1cc(Cl)cc(=O)[nH]1. The topological polar surface area (TPSA) is 70.2 Å². The van der Waals surface area contributed by atoms with Gasteiger partial charge in [0.1, 0.15) is 0 Å². The van der Waals surface area contributed by atoms with Crippen LogP contribution in [-0.4, -0.2) is 16.1 Å². The average Bonchev–Trinajstić information content (AvgIpc) is 1.81. The minimum atomic E-state index is -1.01. The van der Waals surface area contributed by atoms with Crippen LogP contribution in [0.25, 0.3) is 0 Å². The summed E-state index contributed by atoms with van der Waals surface area (Å²) >= 11 is 5.52. The number of aromatic amines is 1.